The molecular formula is C21H21N3O. The van der Waals surface area contributed by atoms with Gasteiger partial charge in [0.05, 0.1) is 11.3 Å². The van der Waals surface area contributed by atoms with E-state index in [0.717, 1.165) is 11.4 Å². The van der Waals surface area contributed by atoms with Gasteiger partial charge in [0.1, 0.15) is 0 Å². The van der Waals surface area contributed by atoms with Crippen molar-refractivity contribution < 1.29 is 4.79 Å². The molecule has 0 unspecified atom stereocenters. The molecular weight excluding hydrogens is 310 g/mol. The molecule has 2 aromatic carbocycles. The molecule has 0 bridgehead atoms. The largest absolute Gasteiger partial charge is 0.380 e. The summed E-state index contributed by atoms with van der Waals surface area (Å²) < 4.78 is 0. The Bertz CT molecular complexity index is 862. The number of aryl methyl sites for hydroxylation is 1. The fraction of sp³-hybridized carbons (Fsp3) is 0.143. The van der Waals surface area contributed by atoms with Crippen LogP contribution < -0.4 is 10.2 Å². The van der Waals surface area contributed by atoms with Gasteiger partial charge in [-0.2, -0.15) is 0 Å². The predicted molar refractivity (Wildman–Crippen MR) is 102 cm³/mol. The molecule has 3 aromatic rings. The lowest BCUT2D eigenvalue weighted by Crippen LogP contribution is -2.26. The minimum Gasteiger partial charge on any atom is -0.380 e. The normalized spacial score (nSPS) is 10.3. The van der Waals surface area contributed by atoms with E-state index in [9.17, 15) is 4.79 Å². The molecule has 25 heavy (non-hydrogen) atoms. The number of pyridine rings is 1. The number of rotatable bonds is 5. The fourth-order valence-electron chi connectivity index (χ4n) is 2.64. The first-order valence-electron chi connectivity index (χ1n) is 8.21. The number of para-hydroxylation sites is 1. The maximum absolute atomic E-state index is 12.7. The number of nitrogens with zero attached hydrogens (tertiary/aromatic N) is 2. The number of amides is 1. The Balaban J connectivity index is 1.71. The number of hydrogen-bond acceptors (Lipinski definition) is 3. The number of carbonyl (C=O) groups excluding carboxylic acids is 1. The predicted octanol–water partition coefficient (Wildman–Crippen LogP) is 4.28. The standard InChI is InChI=1S/C21H21N3O/c1-16-7-6-8-17(11-16)13-23-19-12-18(14-22-15-19)21(25)24(2)20-9-4-3-5-10-20/h3-12,14-15,23H,13H2,1-2H3. The highest BCUT2D eigenvalue weighted by atomic mass is 16.2. The first-order chi connectivity index (χ1) is 12.1. The Kier molecular flexibility index (Phi) is 5.09. The third-order valence-electron chi connectivity index (χ3n) is 4.01. The second-order valence-corrected chi connectivity index (χ2v) is 6.00. The average molecular weight is 331 g/mol. The third kappa shape index (κ3) is 4.23. The van der Waals surface area contributed by atoms with Gasteiger partial charge in [0.25, 0.3) is 5.91 Å². The molecule has 1 aromatic heterocycles. The summed E-state index contributed by atoms with van der Waals surface area (Å²) in [4.78, 5) is 18.5. The van der Waals surface area contributed by atoms with Gasteiger partial charge in [0, 0.05) is 31.7 Å². The summed E-state index contributed by atoms with van der Waals surface area (Å²) >= 11 is 0. The number of carbonyl (C=O) groups is 1. The van der Waals surface area contributed by atoms with Gasteiger partial charge in [-0.05, 0) is 30.7 Å². The van der Waals surface area contributed by atoms with Crippen molar-refractivity contribution in [1.29, 1.82) is 0 Å². The third-order valence-corrected chi connectivity index (χ3v) is 4.01. The van der Waals surface area contributed by atoms with E-state index >= 15 is 0 Å². The number of benzene rings is 2. The quantitative estimate of drug-likeness (QED) is 0.759. The van der Waals surface area contributed by atoms with Crippen molar-refractivity contribution >= 4 is 17.3 Å². The van der Waals surface area contributed by atoms with E-state index in [0.29, 0.717) is 12.1 Å². The molecule has 0 aliphatic carbocycles. The monoisotopic (exact) mass is 331 g/mol. The molecule has 0 saturated carbocycles. The number of nitrogens with one attached hydrogen (secondary N) is 1. The van der Waals surface area contributed by atoms with Gasteiger partial charge in [-0.1, -0.05) is 48.0 Å². The van der Waals surface area contributed by atoms with Crippen LogP contribution in [0.4, 0.5) is 11.4 Å². The van der Waals surface area contributed by atoms with Gasteiger partial charge in [-0.3, -0.25) is 9.78 Å². The van der Waals surface area contributed by atoms with Crippen LogP contribution in [-0.4, -0.2) is 17.9 Å². The zero-order chi connectivity index (χ0) is 17.6. The lowest BCUT2D eigenvalue weighted by atomic mass is 10.1. The summed E-state index contributed by atoms with van der Waals surface area (Å²) in [6.45, 7) is 2.76. The van der Waals surface area contributed by atoms with Crippen LogP contribution in [0.3, 0.4) is 0 Å². The molecule has 0 aliphatic rings. The number of hydrogen-bond donors (Lipinski definition) is 1. The molecule has 0 spiro atoms. The maximum Gasteiger partial charge on any atom is 0.259 e. The van der Waals surface area contributed by atoms with E-state index in [2.05, 4.69) is 35.4 Å². The smallest absolute Gasteiger partial charge is 0.259 e. The van der Waals surface area contributed by atoms with Crippen LogP contribution >= 0.6 is 0 Å². The van der Waals surface area contributed by atoms with Crippen LogP contribution in [-0.2, 0) is 6.54 Å². The Morgan fingerprint density at radius 1 is 1.04 bits per heavy atom. The Morgan fingerprint density at radius 3 is 2.60 bits per heavy atom. The molecule has 4 heteroatoms. The molecule has 0 aliphatic heterocycles. The molecule has 1 heterocycles. The molecule has 3 rings (SSSR count). The molecule has 4 nitrogen and oxygen atoms in total. The summed E-state index contributed by atoms with van der Waals surface area (Å²) in [5, 5.41) is 3.33. The van der Waals surface area contributed by atoms with Crippen molar-refractivity contribution in [2.24, 2.45) is 0 Å². The summed E-state index contributed by atoms with van der Waals surface area (Å²) in [7, 11) is 1.77. The lowest BCUT2D eigenvalue weighted by molar-refractivity contribution is 0.0992. The SMILES string of the molecule is Cc1cccc(CNc2cncc(C(=O)N(C)c3ccccc3)c2)c1. The van der Waals surface area contributed by atoms with Crippen LogP contribution in [0.2, 0.25) is 0 Å². The van der Waals surface area contributed by atoms with E-state index in [1.54, 1.807) is 24.3 Å². The molecule has 0 atom stereocenters. The topological polar surface area (TPSA) is 45.2 Å². The maximum atomic E-state index is 12.7. The highest BCUT2D eigenvalue weighted by molar-refractivity contribution is 6.05. The summed E-state index contributed by atoms with van der Waals surface area (Å²) in [5.41, 5.74) is 4.66. The highest BCUT2D eigenvalue weighted by Gasteiger charge is 2.14. The van der Waals surface area contributed by atoms with Crippen molar-refractivity contribution in [3.05, 3.63) is 89.7 Å². The summed E-state index contributed by atoms with van der Waals surface area (Å²) in [6, 6.07) is 19.7. The van der Waals surface area contributed by atoms with Crippen molar-refractivity contribution in [2.75, 3.05) is 17.3 Å². The molecule has 0 saturated heterocycles. The van der Waals surface area contributed by atoms with E-state index in [1.165, 1.54) is 11.1 Å². The second kappa shape index (κ2) is 7.62. The zero-order valence-corrected chi connectivity index (χ0v) is 14.4. The molecule has 126 valence electrons. The fourth-order valence-corrected chi connectivity index (χ4v) is 2.64. The Hall–Kier alpha value is -3.14. The highest BCUT2D eigenvalue weighted by Crippen LogP contribution is 2.17. The van der Waals surface area contributed by atoms with Crippen LogP contribution in [0.25, 0.3) is 0 Å². The minimum atomic E-state index is -0.0853. The van der Waals surface area contributed by atoms with Crippen molar-refractivity contribution in [2.45, 2.75) is 13.5 Å². The zero-order valence-electron chi connectivity index (χ0n) is 14.4. The Morgan fingerprint density at radius 2 is 1.84 bits per heavy atom. The first-order valence-corrected chi connectivity index (χ1v) is 8.21. The van der Waals surface area contributed by atoms with Gasteiger partial charge in [-0.25, -0.2) is 0 Å². The lowest BCUT2D eigenvalue weighted by Gasteiger charge is -2.17. The second-order valence-electron chi connectivity index (χ2n) is 6.00. The van der Waals surface area contributed by atoms with Gasteiger partial charge < -0.3 is 10.2 Å². The van der Waals surface area contributed by atoms with Crippen molar-refractivity contribution in [1.82, 2.24) is 4.98 Å². The molecule has 0 radical (unpaired) electrons. The van der Waals surface area contributed by atoms with Crippen LogP contribution in [0.15, 0.2) is 73.1 Å². The summed E-state index contributed by atoms with van der Waals surface area (Å²) in [5.74, 6) is -0.0853. The van der Waals surface area contributed by atoms with E-state index in [4.69, 9.17) is 0 Å². The van der Waals surface area contributed by atoms with Gasteiger partial charge in [0.2, 0.25) is 0 Å². The molecule has 0 fully saturated rings. The van der Waals surface area contributed by atoms with Crippen molar-refractivity contribution in [3.8, 4) is 0 Å². The van der Waals surface area contributed by atoms with E-state index < -0.39 is 0 Å². The number of aromatic nitrogens is 1. The van der Waals surface area contributed by atoms with Gasteiger partial charge in [0.15, 0.2) is 0 Å². The minimum absolute atomic E-state index is 0.0853. The average Bonchev–Trinajstić information content (AvgIpc) is 2.66. The van der Waals surface area contributed by atoms with Crippen molar-refractivity contribution in [3.63, 3.8) is 0 Å². The molecule has 1 N–H and O–H groups in total. The van der Waals surface area contributed by atoms with Crippen LogP contribution in [0.5, 0.6) is 0 Å². The van der Waals surface area contributed by atoms with Gasteiger partial charge in [-0.15, -0.1) is 0 Å². The molecule has 1 amide bonds. The van der Waals surface area contributed by atoms with Crippen LogP contribution in [0.1, 0.15) is 21.5 Å². The first kappa shape index (κ1) is 16.7. The number of anilines is 2. The van der Waals surface area contributed by atoms with Gasteiger partial charge >= 0.3 is 0 Å². The summed E-state index contributed by atoms with van der Waals surface area (Å²) in [6.07, 6.45) is 3.33. The Labute approximate surface area is 148 Å². The van der Waals surface area contributed by atoms with E-state index in [-0.39, 0.29) is 5.91 Å². The van der Waals surface area contributed by atoms with Crippen LogP contribution in [0, 0.1) is 6.92 Å². The van der Waals surface area contributed by atoms with E-state index in [1.807, 2.05) is 42.5 Å².